The van der Waals surface area contributed by atoms with Crippen LogP contribution >= 0.6 is 11.6 Å². The largest absolute Gasteiger partial charge is 0.369 e. The zero-order valence-electron chi connectivity index (χ0n) is 14.1. The first kappa shape index (κ1) is 16.4. The van der Waals surface area contributed by atoms with Gasteiger partial charge in [-0.25, -0.2) is 9.37 Å². The first-order valence-electron chi connectivity index (χ1n) is 8.44. The monoisotopic (exact) mass is 358 g/mol. The second-order valence-electron chi connectivity index (χ2n) is 6.46. The van der Waals surface area contributed by atoms with Crippen molar-refractivity contribution in [3.63, 3.8) is 0 Å². The first-order valence-corrected chi connectivity index (χ1v) is 8.82. The Morgan fingerprint density at radius 2 is 1.76 bits per heavy atom. The molecule has 2 heterocycles. The summed E-state index contributed by atoms with van der Waals surface area (Å²) in [4.78, 5) is 9.44. The van der Waals surface area contributed by atoms with Crippen molar-refractivity contribution in [1.29, 1.82) is 0 Å². The number of benzene rings is 2. The Balaban J connectivity index is 1.43. The van der Waals surface area contributed by atoms with Crippen LogP contribution in [0.3, 0.4) is 0 Å². The number of fused-ring (bicyclic) bond motifs is 1. The Kier molecular flexibility index (Phi) is 4.36. The number of nitrogens with zero attached hydrogens (tertiary/aromatic N) is 4. The van der Waals surface area contributed by atoms with E-state index in [4.69, 9.17) is 16.6 Å². The highest BCUT2D eigenvalue weighted by atomic mass is 35.5. The number of hydrogen-bond donors (Lipinski definition) is 0. The van der Waals surface area contributed by atoms with E-state index in [0.717, 1.165) is 60.3 Å². The molecule has 0 bridgehead atoms. The van der Waals surface area contributed by atoms with E-state index < -0.39 is 0 Å². The van der Waals surface area contributed by atoms with Crippen LogP contribution in [-0.2, 0) is 13.6 Å². The van der Waals surface area contributed by atoms with Crippen molar-refractivity contribution in [2.24, 2.45) is 7.05 Å². The van der Waals surface area contributed by atoms with Gasteiger partial charge < -0.3 is 9.47 Å². The number of rotatable bonds is 3. The van der Waals surface area contributed by atoms with Crippen molar-refractivity contribution in [3.05, 3.63) is 59.1 Å². The third kappa shape index (κ3) is 3.34. The van der Waals surface area contributed by atoms with Crippen LogP contribution < -0.4 is 4.90 Å². The van der Waals surface area contributed by atoms with Crippen molar-refractivity contribution in [2.45, 2.75) is 6.54 Å². The van der Waals surface area contributed by atoms with Gasteiger partial charge in [0.1, 0.15) is 11.6 Å². The van der Waals surface area contributed by atoms with Crippen LogP contribution in [0.15, 0.2) is 42.5 Å². The molecule has 0 spiro atoms. The van der Waals surface area contributed by atoms with E-state index in [0.29, 0.717) is 0 Å². The average molecular weight is 359 g/mol. The summed E-state index contributed by atoms with van der Waals surface area (Å²) in [6.45, 7) is 4.60. The molecule has 1 aliphatic rings. The molecule has 0 radical (unpaired) electrons. The molecular weight excluding hydrogens is 339 g/mol. The normalized spacial score (nSPS) is 15.9. The van der Waals surface area contributed by atoms with Gasteiger partial charge in [0.15, 0.2) is 0 Å². The van der Waals surface area contributed by atoms with Gasteiger partial charge in [0, 0.05) is 43.9 Å². The minimum Gasteiger partial charge on any atom is -0.369 e. The van der Waals surface area contributed by atoms with Gasteiger partial charge >= 0.3 is 0 Å². The maximum absolute atomic E-state index is 13.1. The molecule has 0 amide bonds. The van der Waals surface area contributed by atoms with Crippen molar-refractivity contribution in [3.8, 4) is 0 Å². The molecule has 1 aromatic heterocycles. The van der Waals surface area contributed by atoms with Gasteiger partial charge in [-0.2, -0.15) is 0 Å². The predicted molar refractivity (Wildman–Crippen MR) is 99.6 cm³/mol. The van der Waals surface area contributed by atoms with E-state index in [-0.39, 0.29) is 5.82 Å². The molecule has 1 aliphatic heterocycles. The number of halogens is 2. The average Bonchev–Trinajstić information content (AvgIpc) is 2.92. The predicted octanol–water partition coefficient (Wildman–Crippen LogP) is 3.69. The maximum atomic E-state index is 13.1. The summed E-state index contributed by atoms with van der Waals surface area (Å²) < 4.78 is 15.2. The smallest absolute Gasteiger partial charge is 0.123 e. The lowest BCUT2D eigenvalue weighted by Crippen LogP contribution is -2.46. The van der Waals surface area contributed by atoms with Gasteiger partial charge in [-0.3, -0.25) is 4.90 Å². The Hall–Kier alpha value is -2.11. The summed E-state index contributed by atoms with van der Waals surface area (Å²) in [7, 11) is 2.04. The Morgan fingerprint density at radius 1 is 1.04 bits per heavy atom. The summed E-state index contributed by atoms with van der Waals surface area (Å²) in [5, 5.41) is 0.731. The Labute approximate surface area is 151 Å². The van der Waals surface area contributed by atoms with Crippen LogP contribution in [0.25, 0.3) is 11.0 Å². The van der Waals surface area contributed by atoms with Crippen LogP contribution in [0.5, 0.6) is 0 Å². The van der Waals surface area contributed by atoms with Crippen LogP contribution in [0.2, 0.25) is 5.02 Å². The van der Waals surface area contributed by atoms with Crippen LogP contribution in [0.1, 0.15) is 5.82 Å². The number of aryl methyl sites for hydroxylation is 1. The highest BCUT2D eigenvalue weighted by molar-refractivity contribution is 6.31. The number of piperazine rings is 1. The minimum absolute atomic E-state index is 0.190. The molecule has 0 aliphatic carbocycles. The SMILES string of the molecule is Cn1c(CN2CCN(c3ccc(F)cc3)CC2)nc2ccc(Cl)cc21. The van der Waals surface area contributed by atoms with Gasteiger partial charge in [-0.15, -0.1) is 0 Å². The van der Waals surface area contributed by atoms with Gasteiger partial charge in [-0.1, -0.05) is 11.6 Å². The van der Waals surface area contributed by atoms with Gasteiger partial charge in [0.05, 0.1) is 17.6 Å². The molecule has 0 N–H and O–H groups in total. The highest BCUT2D eigenvalue weighted by Gasteiger charge is 2.19. The van der Waals surface area contributed by atoms with Crippen LogP contribution in [-0.4, -0.2) is 40.6 Å². The fourth-order valence-corrected chi connectivity index (χ4v) is 3.54. The van der Waals surface area contributed by atoms with Gasteiger partial charge in [0.25, 0.3) is 0 Å². The van der Waals surface area contributed by atoms with Crippen molar-refractivity contribution in [2.75, 3.05) is 31.1 Å². The lowest BCUT2D eigenvalue weighted by atomic mass is 10.2. The van der Waals surface area contributed by atoms with Crippen LogP contribution in [0.4, 0.5) is 10.1 Å². The Bertz CT molecular complexity index is 882. The van der Waals surface area contributed by atoms with Crippen LogP contribution in [0, 0.1) is 5.82 Å². The number of imidazole rings is 1. The summed E-state index contributed by atoms with van der Waals surface area (Å²) in [6, 6.07) is 12.5. The second kappa shape index (κ2) is 6.65. The molecule has 0 unspecified atom stereocenters. The summed E-state index contributed by atoms with van der Waals surface area (Å²) in [5.74, 6) is 0.858. The van der Waals surface area contributed by atoms with Crippen molar-refractivity contribution < 1.29 is 4.39 Å². The first-order chi connectivity index (χ1) is 12.1. The van der Waals surface area contributed by atoms with Crippen molar-refractivity contribution in [1.82, 2.24) is 14.5 Å². The third-order valence-electron chi connectivity index (χ3n) is 4.86. The second-order valence-corrected chi connectivity index (χ2v) is 6.90. The highest BCUT2D eigenvalue weighted by Crippen LogP contribution is 2.22. The van der Waals surface area contributed by atoms with E-state index in [2.05, 4.69) is 14.4 Å². The molecule has 2 aromatic carbocycles. The summed E-state index contributed by atoms with van der Waals surface area (Å²) in [6.07, 6.45) is 0. The molecule has 3 aromatic rings. The fraction of sp³-hybridized carbons (Fsp3) is 0.316. The minimum atomic E-state index is -0.190. The summed E-state index contributed by atoms with van der Waals surface area (Å²) >= 11 is 6.10. The van der Waals surface area contributed by atoms with E-state index in [9.17, 15) is 4.39 Å². The van der Waals surface area contributed by atoms with E-state index in [1.165, 1.54) is 12.1 Å². The standard InChI is InChI=1S/C19H20ClFN4/c1-23-18-12-14(20)2-7-17(18)22-19(23)13-24-8-10-25(11-9-24)16-5-3-15(21)4-6-16/h2-7,12H,8-11,13H2,1H3. The lowest BCUT2D eigenvalue weighted by Gasteiger charge is -2.35. The Morgan fingerprint density at radius 3 is 2.48 bits per heavy atom. The quantitative estimate of drug-likeness (QED) is 0.713. The third-order valence-corrected chi connectivity index (χ3v) is 5.10. The fourth-order valence-electron chi connectivity index (χ4n) is 3.37. The molecule has 0 atom stereocenters. The lowest BCUT2D eigenvalue weighted by molar-refractivity contribution is 0.242. The molecule has 1 saturated heterocycles. The van der Waals surface area contributed by atoms with Gasteiger partial charge in [0.2, 0.25) is 0 Å². The molecule has 25 heavy (non-hydrogen) atoms. The number of anilines is 1. The zero-order chi connectivity index (χ0) is 17.4. The molecule has 0 saturated carbocycles. The summed E-state index contributed by atoms with van der Waals surface area (Å²) in [5.41, 5.74) is 3.12. The zero-order valence-corrected chi connectivity index (χ0v) is 14.9. The topological polar surface area (TPSA) is 24.3 Å². The molecule has 6 heteroatoms. The molecule has 130 valence electrons. The van der Waals surface area contributed by atoms with E-state index in [1.54, 1.807) is 0 Å². The molecule has 1 fully saturated rings. The molecule has 4 nitrogen and oxygen atoms in total. The number of aromatic nitrogens is 2. The molecule has 4 rings (SSSR count). The maximum Gasteiger partial charge on any atom is 0.123 e. The number of hydrogen-bond acceptors (Lipinski definition) is 3. The van der Waals surface area contributed by atoms with E-state index >= 15 is 0 Å². The van der Waals surface area contributed by atoms with E-state index in [1.807, 2.05) is 37.4 Å². The van der Waals surface area contributed by atoms with Crippen molar-refractivity contribution >= 4 is 28.3 Å². The molecular formula is C19H20ClFN4. The van der Waals surface area contributed by atoms with Gasteiger partial charge in [-0.05, 0) is 42.5 Å².